The van der Waals surface area contributed by atoms with Crippen LogP contribution in [0.5, 0.6) is 0 Å². The molecular formula is C12H17F3N4O2. The fourth-order valence-corrected chi connectivity index (χ4v) is 2.09. The third kappa shape index (κ3) is 3.73. The summed E-state index contributed by atoms with van der Waals surface area (Å²) >= 11 is 0. The first-order chi connectivity index (χ1) is 9.95. The average Bonchev–Trinajstić information content (AvgIpc) is 2.46. The molecule has 0 aromatic carbocycles. The quantitative estimate of drug-likeness (QED) is 0.869. The molecule has 2 N–H and O–H groups in total. The number of ether oxygens (including phenoxy) is 1. The molecule has 1 saturated heterocycles. The maximum atomic E-state index is 12.9. The molecule has 0 saturated carbocycles. The maximum absolute atomic E-state index is 12.9. The zero-order chi connectivity index (χ0) is 15.5. The van der Waals surface area contributed by atoms with Crippen molar-refractivity contribution < 1.29 is 23.0 Å². The molecule has 2 heterocycles. The molecule has 1 aliphatic rings. The first-order valence-electron chi connectivity index (χ1n) is 6.61. The van der Waals surface area contributed by atoms with Crippen LogP contribution in [0, 0.1) is 0 Å². The van der Waals surface area contributed by atoms with Gasteiger partial charge in [0.15, 0.2) is 0 Å². The molecule has 1 aliphatic heterocycles. The van der Waals surface area contributed by atoms with Crippen LogP contribution in [-0.2, 0) is 10.9 Å². The second kappa shape index (κ2) is 6.44. The van der Waals surface area contributed by atoms with E-state index in [0.717, 1.165) is 0 Å². The van der Waals surface area contributed by atoms with Crippen LogP contribution in [0.1, 0.15) is 12.7 Å². The van der Waals surface area contributed by atoms with Crippen molar-refractivity contribution >= 4 is 11.6 Å². The normalized spacial score (nSPS) is 19.7. The van der Waals surface area contributed by atoms with Crippen molar-refractivity contribution in [1.29, 1.82) is 0 Å². The lowest BCUT2D eigenvalue weighted by Crippen LogP contribution is -2.48. The summed E-state index contributed by atoms with van der Waals surface area (Å²) in [7, 11) is 0. The Morgan fingerprint density at radius 2 is 2.24 bits per heavy atom. The van der Waals surface area contributed by atoms with Crippen LogP contribution in [0.15, 0.2) is 6.07 Å². The largest absolute Gasteiger partial charge is 0.451 e. The van der Waals surface area contributed by atoms with Crippen LogP contribution in [0.4, 0.5) is 24.8 Å². The number of anilines is 2. The van der Waals surface area contributed by atoms with Crippen LogP contribution in [0.2, 0.25) is 0 Å². The van der Waals surface area contributed by atoms with Gasteiger partial charge in [-0.15, -0.1) is 0 Å². The van der Waals surface area contributed by atoms with E-state index in [1.807, 2.05) is 0 Å². The number of alkyl halides is 3. The molecule has 0 radical (unpaired) electrons. The van der Waals surface area contributed by atoms with Gasteiger partial charge in [0.2, 0.25) is 5.82 Å². The van der Waals surface area contributed by atoms with E-state index in [0.29, 0.717) is 19.7 Å². The summed E-state index contributed by atoms with van der Waals surface area (Å²) in [6.45, 7) is 2.98. The second-order valence-corrected chi connectivity index (χ2v) is 4.57. The minimum atomic E-state index is -4.62. The van der Waals surface area contributed by atoms with Crippen molar-refractivity contribution in [2.24, 2.45) is 0 Å². The summed E-state index contributed by atoms with van der Waals surface area (Å²) in [6.07, 6.45) is -4.62. The van der Waals surface area contributed by atoms with Gasteiger partial charge in [-0.2, -0.15) is 13.2 Å². The van der Waals surface area contributed by atoms with E-state index in [-0.39, 0.29) is 24.8 Å². The number of rotatable bonds is 4. The molecule has 1 unspecified atom stereocenters. The molecule has 0 spiro atoms. The van der Waals surface area contributed by atoms with E-state index in [1.165, 1.54) is 6.07 Å². The van der Waals surface area contributed by atoms with E-state index >= 15 is 0 Å². The fourth-order valence-electron chi connectivity index (χ4n) is 2.09. The lowest BCUT2D eigenvalue weighted by Gasteiger charge is -2.35. The molecule has 0 amide bonds. The van der Waals surface area contributed by atoms with Crippen molar-refractivity contribution in [1.82, 2.24) is 9.97 Å². The Hall–Kier alpha value is -1.61. The molecule has 1 aromatic rings. The Labute approximate surface area is 119 Å². The van der Waals surface area contributed by atoms with Gasteiger partial charge < -0.3 is 20.1 Å². The molecule has 1 atom stereocenters. The van der Waals surface area contributed by atoms with Gasteiger partial charge in [-0.25, -0.2) is 9.97 Å². The van der Waals surface area contributed by atoms with E-state index in [4.69, 9.17) is 4.74 Å². The van der Waals surface area contributed by atoms with Crippen molar-refractivity contribution in [3.8, 4) is 0 Å². The van der Waals surface area contributed by atoms with Crippen molar-refractivity contribution in [2.45, 2.75) is 19.1 Å². The van der Waals surface area contributed by atoms with Crippen molar-refractivity contribution in [3.63, 3.8) is 0 Å². The number of hydrogen-bond donors (Lipinski definition) is 2. The monoisotopic (exact) mass is 306 g/mol. The van der Waals surface area contributed by atoms with Gasteiger partial charge in [0.1, 0.15) is 11.6 Å². The summed E-state index contributed by atoms with van der Waals surface area (Å²) in [5.41, 5.74) is 0. The Bertz CT molecular complexity index is 484. The van der Waals surface area contributed by atoms with Gasteiger partial charge in [-0.05, 0) is 6.92 Å². The topological polar surface area (TPSA) is 70.5 Å². The van der Waals surface area contributed by atoms with Crippen LogP contribution in [0.25, 0.3) is 0 Å². The highest BCUT2D eigenvalue weighted by molar-refractivity contribution is 5.50. The first-order valence-corrected chi connectivity index (χ1v) is 6.61. The summed E-state index contributed by atoms with van der Waals surface area (Å²) in [6, 6.07) is 1.04. The van der Waals surface area contributed by atoms with Gasteiger partial charge in [0.05, 0.1) is 25.9 Å². The molecular weight excluding hydrogens is 289 g/mol. The molecule has 118 valence electrons. The average molecular weight is 306 g/mol. The lowest BCUT2D eigenvalue weighted by atomic mass is 10.2. The van der Waals surface area contributed by atoms with E-state index < -0.39 is 18.0 Å². The summed E-state index contributed by atoms with van der Waals surface area (Å²) in [5, 5.41) is 12.1. The summed E-state index contributed by atoms with van der Waals surface area (Å²) in [5.74, 6) is -0.951. The molecule has 0 aliphatic carbocycles. The number of aliphatic hydroxyl groups is 1. The highest BCUT2D eigenvalue weighted by Crippen LogP contribution is 2.30. The highest BCUT2D eigenvalue weighted by Gasteiger charge is 2.36. The molecule has 2 rings (SSSR count). The SMILES string of the molecule is CCNc1cc(N2CCOCC2CO)nc(C(F)(F)F)n1. The Balaban J connectivity index is 2.38. The van der Waals surface area contributed by atoms with Crippen LogP contribution < -0.4 is 10.2 Å². The molecule has 9 heteroatoms. The summed E-state index contributed by atoms with van der Waals surface area (Å²) < 4.78 is 43.9. The van der Waals surface area contributed by atoms with Gasteiger partial charge in [0.25, 0.3) is 0 Å². The van der Waals surface area contributed by atoms with Gasteiger partial charge in [-0.3, -0.25) is 0 Å². The zero-order valence-electron chi connectivity index (χ0n) is 11.5. The smallest absolute Gasteiger partial charge is 0.394 e. The van der Waals surface area contributed by atoms with Crippen LogP contribution >= 0.6 is 0 Å². The predicted octanol–water partition coefficient (Wildman–Crippen LogP) is 1.12. The number of aliphatic hydroxyl groups excluding tert-OH is 1. The van der Waals surface area contributed by atoms with Crippen molar-refractivity contribution in [2.75, 3.05) is 43.1 Å². The fraction of sp³-hybridized carbons (Fsp3) is 0.667. The predicted molar refractivity (Wildman–Crippen MR) is 70.2 cm³/mol. The molecule has 6 nitrogen and oxygen atoms in total. The maximum Gasteiger partial charge on any atom is 0.451 e. The summed E-state index contributed by atoms with van der Waals surface area (Å²) in [4.78, 5) is 8.68. The molecule has 1 aromatic heterocycles. The van der Waals surface area contributed by atoms with Gasteiger partial charge in [-0.1, -0.05) is 0 Å². The van der Waals surface area contributed by atoms with E-state index in [2.05, 4.69) is 15.3 Å². The minimum Gasteiger partial charge on any atom is -0.394 e. The Kier molecular flexibility index (Phi) is 4.84. The third-order valence-electron chi connectivity index (χ3n) is 3.06. The zero-order valence-corrected chi connectivity index (χ0v) is 11.5. The van der Waals surface area contributed by atoms with Crippen LogP contribution in [0.3, 0.4) is 0 Å². The third-order valence-corrected chi connectivity index (χ3v) is 3.06. The lowest BCUT2D eigenvalue weighted by molar-refractivity contribution is -0.144. The standard InChI is InChI=1S/C12H17F3N4O2/c1-2-16-9-5-10(18-11(17-9)12(13,14)15)19-3-4-21-7-8(19)6-20/h5,8,20H,2-4,6-7H2,1H3,(H,16,17,18). The Morgan fingerprint density at radius 3 is 2.86 bits per heavy atom. The first kappa shape index (κ1) is 15.8. The number of aromatic nitrogens is 2. The number of morpholine rings is 1. The highest BCUT2D eigenvalue weighted by atomic mass is 19.4. The van der Waals surface area contributed by atoms with Crippen LogP contribution in [-0.4, -0.2) is 54.0 Å². The number of nitrogens with one attached hydrogen (secondary N) is 1. The van der Waals surface area contributed by atoms with E-state index in [1.54, 1.807) is 11.8 Å². The van der Waals surface area contributed by atoms with E-state index in [9.17, 15) is 18.3 Å². The minimum absolute atomic E-state index is 0.109. The number of nitrogens with zero attached hydrogens (tertiary/aromatic N) is 3. The van der Waals surface area contributed by atoms with Gasteiger partial charge in [0, 0.05) is 19.2 Å². The molecule has 21 heavy (non-hydrogen) atoms. The number of hydrogen-bond acceptors (Lipinski definition) is 6. The number of halogens is 3. The molecule has 1 fully saturated rings. The Morgan fingerprint density at radius 1 is 1.48 bits per heavy atom. The van der Waals surface area contributed by atoms with Gasteiger partial charge >= 0.3 is 6.18 Å². The molecule has 0 bridgehead atoms. The second-order valence-electron chi connectivity index (χ2n) is 4.57. The van der Waals surface area contributed by atoms with Crippen molar-refractivity contribution in [3.05, 3.63) is 11.9 Å².